The molecule has 0 spiro atoms. The third-order valence-corrected chi connectivity index (χ3v) is 2.69. The van der Waals surface area contributed by atoms with Crippen molar-refractivity contribution in [2.45, 2.75) is 6.42 Å². The first-order chi connectivity index (χ1) is 9.72. The van der Waals surface area contributed by atoms with Crippen molar-refractivity contribution in [3.63, 3.8) is 0 Å². The minimum absolute atomic E-state index is 0.0103. The molecule has 2 N–H and O–H groups in total. The number of nitrogens with zero attached hydrogens (tertiary/aromatic N) is 2. The number of hydrogen-bond acceptors (Lipinski definition) is 3. The normalized spacial score (nSPS) is 9.70. The van der Waals surface area contributed by atoms with E-state index in [-0.39, 0.29) is 12.5 Å². The Kier molecular flexibility index (Phi) is 4.53. The number of anilines is 1. The van der Waals surface area contributed by atoms with Crippen molar-refractivity contribution >= 4 is 11.7 Å². The fourth-order valence-corrected chi connectivity index (χ4v) is 1.68. The quantitative estimate of drug-likeness (QED) is 0.828. The molecule has 0 saturated carbocycles. The molecule has 0 aliphatic carbocycles. The Morgan fingerprint density at radius 2 is 2.20 bits per heavy atom. The van der Waals surface area contributed by atoms with Crippen molar-refractivity contribution in [1.82, 2.24) is 9.78 Å². The zero-order valence-corrected chi connectivity index (χ0v) is 11.1. The number of aliphatic hydroxyl groups is 1. The van der Waals surface area contributed by atoms with E-state index < -0.39 is 0 Å². The smallest absolute Gasteiger partial charge is 0.258 e. The van der Waals surface area contributed by atoms with Gasteiger partial charge in [-0.15, -0.1) is 0 Å². The molecule has 5 heteroatoms. The summed E-state index contributed by atoms with van der Waals surface area (Å²) >= 11 is 0. The second-order valence-corrected chi connectivity index (χ2v) is 4.12. The van der Waals surface area contributed by atoms with Gasteiger partial charge in [-0.05, 0) is 12.1 Å². The van der Waals surface area contributed by atoms with Crippen LogP contribution in [0.25, 0.3) is 0 Å². The van der Waals surface area contributed by atoms with Crippen molar-refractivity contribution in [2.75, 3.05) is 11.9 Å². The van der Waals surface area contributed by atoms with E-state index >= 15 is 0 Å². The van der Waals surface area contributed by atoms with Crippen LogP contribution in [0.2, 0.25) is 0 Å². The van der Waals surface area contributed by atoms with Gasteiger partial charge in [-0.25, -0.2) is 0 Å². The second-order valence-electron chi connectivity index (χ2n) is 4.12. The van der Waals surface area contributed by atoms with Gasteiger partial charge in [0.1, 0.15) is 5.82 Å². The van der Waals surface area contributed by atoms with Crippen molar-refractivity contribution in [3.05, 3.63) is 47.7 Å². The van der Waals surface area contributed by atoms with Gasteiger partial charge in [-0.1, -0.05) is 24.0 Å². The average Bonchev–Trinajstić information content (AvgIpc) is 2.85. The largest absolute Gasteiger partial charge is 0.395 e. The highest BCUT2D eigenvalue weighted by Crippen LogP contribution is 2.11. The molecule has 5 nitrogen and oxygen atoms in total. The van der Waals surface area contributed by atoms with E-state index in [0.717, 1.165) is 0 Å². The molecule has 1 heterocycles. The molecule has 0 aliphatic heterocycles. The zero-order valence-electron chi connectivity index (χ0n) is 11.1. The van der Waals surface area contributed by atoms with Gasteiger partial charge in [0.15, 0.2) is 0 Å². The molecule has 1 aromatic carbocycles. The molecular weight excluding hydrogens is 254 g/mol. The van der Waals surface area contributed by atoms with E-state index in [2.05, 4.69) is 22.3 Å². The number of amides is 1. The molecule has 1 amide bonds. The third-order valence-electron chi connectivity index (χ3n) is 2.69. The maximum Gasteiger partial charge on any atom is 0.258 e. The molecular formula is C15H15N3O2. The van der Waals surface area contributed by atoms with Crippen LogP contribution in [0, 0.1) is 11.8 Å². The summed E-state index contributed by atoms with van der Waals surface area (Å²) < 4.78 is 1.58. The first-order valence-electron chi connectivity index (χ1n) is 6.20. The Labute approximate surface area is 117 Å². The summed E-state index contributed by atoms with van der Waals surface area (Å²) in [5.41, 5.74) is 1.14. The maximum atomic E-state index is 12.2. The zero-order chi connectivity index (χ0) is 14.4. The SMILES string of the molecule is Cn1nccc1NC(=O)c1ccccc1C#CCCO. The topological polar surface area (TPSA) is 67.2 Å². The van der Waals surface area contributed by atoms with Gasteiger partial charge in [0, 0.05) is 25.1 Å². The molecule has 102 valence electrons. The van der Waals surface area contributed by atoms with Crippen molar-refractivity contribution < 1.29 is 9.90 Å². The van der Waals surface area contributed by atoms with Gasteiger partial charge in [-0.2, -0.15) is 5.10 Å². The van der Waals surface area contributed by atoms with Gasteiger partial charge in [0.2, 0.25) is 0 Å². The number of nitrogens with one attached hydrogen (secondary N) is 1. The summed E-state index contributed by atoms with van der Waals surface area (Å²) in [5, 5.41) is 15.5. The molecule has 0 radical (unpaired) electrons. The Bertz CT molecular complexity index is 665. The number of aromatic nitrogens is 2. The van der Waals surface area contributed by atoms with Crippen LogP contribution in [0.5, 0.6) is 0 Å². The van der Waals surface area contributed by atoms with E-state index in [1.807, 2.05) is 6.07 Å². The first kappa shape index (κ1) is 13.8. The van der Waals surface area contributed by atoms with E-state index in [0.29, 0.717) is 23.4 Å². The Hall–Kier alpha value is -2.58. The monoisotopic (exact) mass is 269 g/mol. The van der Waals surface area contributed by atoms with Crippen LogP contribution < -0.4 is 5.32 Å². The summed E-state index contributed by atoms with van der Waals surface area (Å²) in [7, 11) is 1.75. The molecule has 0 aliphatic rings. The predicted octanol–water partition coefficient (Wildman–Crippen LogP) is 1.41. The van der Waals surface area contributed by atoms with Crippen LogP contribution in [0.4, 0.5) is 5.82 Å². The predicted molar refractivity (Wildman–Crippen MR) is 76.2 cm³/mol. The summed E-state index contributed by atoms with van der Waals surface area (Å²) in [4.78, 5) is 12.2. The number of hydrogen-bond donors (Lipinski definition) is 2. The molecule has 20 heavy (non-hydrogen) atoms. The molecule has 0 atom stereocenters. The summed E-state index contributed by atoms with van der Waals surface area (Å²) in [5.74, 6) is 6.10. The van der Waals surface area contributed by atoms with Crippen LogP contribution in [0.1, 0.15) is 22.3 Å². The van der Waals surface area contributed by atoms with Crippen LogP contribution in [-0.2, 0) is 7.05 Å². The average molecular weight is 269 g/mol. The van der Waals surface area contributed by atoms with Crippen molar-refractivity contribution in [3.8, 4) is 11.8 Å². The highest BCUT2D eigenvalue weighted by atomic mass is 16.2. The Morgan fingerprint density at radius 3 is 2.90 bits per heavy atom. The van der Waals surface area contributed by atoms with E-state index in [9.17, 15) is 4.79 Å². The Balaban J connectivity index is 2.22. The second kappa shape index (κ2) is 6.55. The lowest BCUT2D eigenvalue weighted by molar-refractivity contribution is 0.102. The molecule has 0 unspecified atom stereocenters. The van der Waals surface area contributed by atoms with Crippen LogP contribution >= 0.6 is 0 Å². The molecule has 0 fully saturated rings. The van der Waals surface area contributed by atoms with Crippen molar-refractivity contribution in [2.24, 2.45) is 7.05 Å². The molecule has 2 rings (SSSR count). The standard InChI is InChI=1S/C15H15N3O2/c1-18-14(9-10-16-18)17-15(20)13-8-3-2-6-12(13)7-4-5-11-19/h2-3,6,8-10,19H,5,11H2,1H3,(H,17,20). The van der Waals surface area contributed by atoms with Crippen LogP contribution in [0.3, 0.4) is 0 Å². The molecule has 2 aromatic rings. The summed E-state index contributed by atoms with van der Waals surface area (Å²) in [6.45, 7) is 0.0103. The number of carbonyl (C=O) groups is 1. The minimum atomic E-state index is -0.234. The minimum Gasteiger partial charge on any atom is -0.395 e. The van der Waals surface area contributed by atoms with Gasteiger partial charge >= 0.3 is 0 Å². The fraction of sp³-hybridized carbons (Fsp3) is 0.200. The highest BCUT2D eigenvalue weighted by molar-refractivity contribution is 6.05. The van der Waals surface area contributed by atoms with Gasteiger partial charge in [0.25, 0.3) is 5.91 Å². The lowest BCUT2D eigenvalue weighted by Crippen LogP contribution is -2.15. The molecule has 0 saturated heterocycles. The lowest BCUT2D eigenvalue weighted by Gasteiger charge is -2.06. The van der Waals surface area contributed by atoms with Gasteiger partial charge in [-0.3, -0.25) is 9.48 Å². The van der Waals surface area contributed by atoms with Crippen molar-refractivity contribution in [1.29, 1.82) is 0 Å². The van der Waals surface area contributed by atoms with Gasteiger partial charge in [0.05, 0.1) is 18.4 Å². The molecule has 0 bridgehead atoms. The van der Waals surface area contributed by atoms with Crippen LogP contribution in [0.15, 0.2) is 36.5 Å². The number of carbonyl (C=O) groups excluding carboxylic acids is 1. The number of aliphatic hydroxyl groups excluding tert-OH is 1. The third kappa shape index (κ3) is 3.25. The summed E-state index contributed by atoms with van der Waals surface area (Å²) in [6.07, 6.45) is 2.00. The van der Waals surface area contributed by atoms with Gasteiger partial charge < -0.3 is 10.4 Å². The Morgan fingerprint density at radius 1 is 1.40 bits per heavy atom. The van der Waals surface area contributed by atoms with E-state index in [1.165, 1.54) is 0 Å². The highest BCUT2D eigenvalue weighted by Gasteiger charge is 2.11. The fourth-order valence-electron chi connectivity index (χ4n) is 1.68. The number of rotatable bonds is 3. The number of benzene rings is 1. The molecule has 1 aromatic heterocycles. The number of aryl methyl sites for hydroxylation is 1. The lowest BCUT2D eigenvalue weighted by atomic mass is 10.1. The van der Waals surface area contributed by atoms with E-state index in [4.69, 9.17) is 5.11 Å². The van der Waals surface area contributed by atoms with E-state index in [1.54, 1.807) is 42.2 Å². The maximum absolute atomic E-state index is 12.2. The summed E-state index contributed by atoms with van der Waals surface area (Å²) in [6, 6.07) is 8.83. The van der Waals surface area contributed by atoms with Crippen LogP contribution in [-0.4, -0.2) is 27.4 Å². The first-order valence-corrected chi connectivity index (χ1v) is 6.20.